The molecule has 0 spiro atoms. The highest BCUT2D eigenvalue weighted by atomic mass is 16.5. The lowest BCUT2D eigenvalue weighted by Crippen LogP contribution is -1.88. The van der Waals surface area contributed by atoms with E-state index in [4.69, 9.17) is 0 Å². The van der Waals surface area contributed by atoms with Crippen LogP contribution in [0, 0.1) is 0 Å². The van der Waals surface area contributed by atoms with Gasteiger partial charge < -0.3 is 4.74 Å². The van der Waals surface area contributed by atoms with Crippen molar-refractivity contribution in [2.45, 2.75) is 52.6 Å². The first-order valence-electron chi connectivity index (χ1n) is 6.44. The van der Waals surface area contributed by atoms with Crippen molar-refractivity contribution in [1.82, 2.24) is 0 Å². The fourth-order valence-electron chi connectivity index (χ4n) is 1.38. The van der Waals surface area contributed by atoms with Crippen LogP contribution in [0.25, 0.3) is 0 Å². The van der Waals surface area contributed by atoms with Gasteiger partial charge in [-0.05, 0) is 5.56 Å². The molecule has 0 radical (unpaired) electrons. The molecule has 0 aliphatic carbocycles. The summed E-state index contributed by atoms with van der Waals surface area (Å²) in [6.45, 7) is 5.31. The summed E-state index contributed by atoms with van der Waals surface area (Å²) in [5, 5.41) is 0. The van der Waals surface area contributed by atoms with Gasteiger partial charge in [-0.1, -0.05) is 76.3 Å². The first kappa shape index (κ1) is 15.7. The predicted molar refractivity (Wildman–Crippen MR) is 71.7 cm³/mol. The van der Waals surface area contributed by atoms with E-state index in [2.05, 4.69) is 18.6 Å². The van der Waals surface area contributed by atoms with Gasteiger partial charge in [0.2, 0.25) is 0 Å². The highest BCUT2D eigenvalue weighted by Gasteiger charge is 1.87. The molecule has 0 heterocycles. The molecule has 0 saturated heterocycles. The minimum atomic E-state index is 0.365. The summed E-state index contributed by atoms with van der Waals surface area (Å²) in [5.74, 6) is 0. The third-order valence-electron chi connectivity index (χ3n) is 2.37. The summed E-state index contributed by atoms with van der Waals surface area (Å²) in [6.07, 6.45) is 7.01. The molecule has 17 heavy (non-hydrogen) atoms. The van der Waals surface area contributed by atoms with Gasteiger partial charge >= 0.3 is 0 Å². The molecule has 0 unspecified atom stereocenters. The van der Waals surface area contributed by atoms with E-state index in [-0.39, 0.29) is 0 Å². The van der Waals surface area contributed by atoms with Crippen LogP contribution >= 0.6 is 0 Å². The third-order valence-corrected chi connectivity index (χ3v) is 2.37. The van der Waals surface area contributed by atoms with Crippen molar-refractivity contribution in [3.63, 3.8) is 0 Å². The molecule has 1 aromatic carbocycles. The molecule has 0 fully saturated rings. The zero-order valence-electron chi connectivity index (χ0n) is 11.0. The molecule has 0 aliphatic rings. The summed E-state index contributed by atoms with van der Waals surface area (Å²) in [7, 11) is 0. The van der Waals surface area contributed by atoms with Crippen LogP contribution < -0.4 is 0 Å². The van der Waals surface area contributed by atoms with Gasteiger partial charge in [-0.2, -0.15) is 0 Å². The Kier molecular flexibility index (Phi) is 11.8. The van der Waals surface area contributed by atoms with Crippen LogP contribution in [0.5, 0.6) is 0 Å². The van der Waals surface area contributed by atoms with E-state index < -0.39 is 0 Å². The molecule has 0 aromatic heterocycles. The van der Waals surface area contributed by atoms with E-state index in [0.717, 1.165) is 5.56 Å². The first-order chi connectivity index (χ1) is 8.35. The monoisotopic (exact) mass is 236 g/mol. The molecule has 0 atom stereocenters. The Bertz CT molecular complexity index is 253. The largest absolute Gasteiger partial charge is 0.463 e. The highest BCUT2D eigenvalue weighted by Crippen LogP contribution is 2.00. The van der Waals surface area contributed by atoms with E-state index in [9.17, 15) is 4.79 Å². The number of rotatable bonds is 7. The van der Waals surface area contributed by atoms with Crippen LogP contribution in [0.1, 0.15) is 51.5 Å². The van der Waals surface area contributed by atoms with Gasteiger partial charge in [0.15, 0.2) is 0 Å². The highest BCUT2D eigenvalue weighted by molar-refractivity contribution is 5.37. The molecule has 2 nitrogen and oxygen atoms in total. The molecule has 2 heteroatoms. The summed E-state index contributed by atoms with van der Waals surface area (Å²) >= 11 is 0. The first-order valence-corrected chi connectivity index (χ1v) is 6.44. The summed E-state index contributed by atoms with van der Waals surface area (Å²) < 4.78 is 4.54. The fraction of sp³-hybridized carbons (Fsp3) is 0.533. The maximum absolute atomic E-state index is 9.76. The van der Waals surface area contributed by atoms with Crippen LogP contribution in [0.3, 0.4) is 0 Å². The maximum atomic E-state index is 9.76. The van der Waals surface area contributed by atoms with Gasteiger partial charge in [0, 0.05) is 0 Å². The molecule has 96 valence electrons. The SMILES string of the molecule is CCCCCCC.O=COCc1ccccc1. The molecule has 0 saturated carbocycles. The Hall–Kier alpha value is -1.31. The fourth-order valence-corrected chi connectivity index (χ4v) is 1.38. The Morgan fingerprint density at radius 1 is 1.00 bits per heavy atom. The second-order valence-corrected chi connectivity index (χ2v) is 3.95. The van der Waals surface area contributed by atoms with Crippen molar-refractivity contribution >= 4 is 6.47 Å². The van der Waals surface area contributed by atoms with Gasteiger partial charge in [-0.15, -0.1) is 0 Å². The molecule has 0 amide bonds. The lowest BCUT2D eigenvalue weighted by molar-refractivity contribution is -0.129. The third kappa shape index (κ3) is 11.0. The predicted octanol–water partition coefficient (Wildman–Crippen LogP) is 4.34. The number of carbonyl (C=O) groups excluding carboxylic acids is 1. The standard InChI is InChI=1S/C8H8O2.C7H16/c9-7-10-6-8-4-2-1-3-5-8;1-3-5-7-6-4-2/h1-5,7H,6H2;3-7H2,1-2H3. The summed E-state index contributed by atoms with van der Waals surface area (Å²) in [5.41, 5.74) is 1.01. The maximum Gasteiger partial charge on any atom is 0.293 e. The van der Waals surface area contributed by atoms with Gasteiger partial charge in [-0.25, -0.2) is 0 Å². The molecule has 0 N–H and O–H groups in total. The van der Waals surface area contributed by atoms with E-state index in [1.165, 1.54) is 32.1 Å². The molecular weight excluding hydrogens is 212 g/mol. The van der Waals surface area contributed by atoms with Crippen molar-refractivity contribution < 1.29 is 9.53 Å². The van der Waals surface area contributed by atoms with Crippen molar-refractivity contribution in [1.29, 1.82) is 0 Å². The number of hydrogen-bond donors (Lipinski definition) is 0. The van der Waals surface area contributed by atoms with E-state index in [1.807, 2.05) is 30.3 Å². The number of unbranched alkanes of at least 4 members (excludes halogenated alkanes) is 4. The summed E-state index contributed by atoms with van der Waals surface area (Å²) in [6, 6.07) is 9.55. The molecular formula is C15H24O2. The molecule has 1 rings (SSSR count). The van der Waals surface area contributed by atoms with Gasteiger partial charge in [0.25, 0.3) is 6.47 Å². The van der Waals surface area contributed by atoms with Crippen molar-refractivity contribution in [3.8, 4) is 0 Å². The minimum Gasteiger partial charge on any atom is -0.463 e. The van der Waals surface area contributed by atoms with Gasteiger partial charge in [0.1, 0.15) is 6.61 Å². The van der Waals surface area contributed by atoms with Crippen LogP contribution in [0.2, 0.25) is 0 Å². The van der Waals surface area contributed by atoms with E-state index >= 15 is 0 Å². The molecule has 0 aliphatic heterocycles. The van der Waals surface area contributed by atoms with Crippen LogP contribution in [0.15, 0.2) is 30.3 Å². The lowest BCUT2D eigenvalue weighted by Gasteiger charge is -1.95. The second kappa shape index (κ2) is 12.8. The van der Waals surface area contributed by atoms with Crippen molar-refractivity contribution in [3.05, 3.63) is 35.9 Å². The number of benzene rings is 1. The lowest BCUT2D eigenvalue weighted by atomic mass is 10.2. The zero-order chi connectivity index (χ0) is 12.8. The van der Waals surface area contributed by atoms with Crippen LogP contribution in [-0.2, 0) is 16.1 Å². The Morgan fingerprint density at radius 2 is 1.59 bits per heavy atom. The van der Waals surface area contributed by atoms with E-state index in [1.54, 1.807) is 0 Å². The molecule has 0 bridgehead atoms. The topological polar surface area (TPSA) is 26.3 Å². The van der Waals surface area contributed by atoms with Crippen molar-refractivity contribution in [2.24, 2.45) is 0 Å². The minimum absolute atomic E-state index is 0.365. The average Bonchev–Trinajstić information content (AvgIpc) is 2.39. The quantitative estimate of drug-likeness (QED) is 0.520. The number of ether oxygens (including phenoxy) is 1. The number of hydrogen-bond acceptors (Lipinski definition) is 2. The smallest absolute Gasteiger partial charge is 0.293 e. The Morgan fingerprint density at radius 3 is 2.06 bits per heavy atom. The Balaban J connectivity index is 0.000000325. The summed E-state index contributed by atoms with van der Waals surface area (Å²) in [4.78, 5) is 9.76. The van der Waals surface area contributed by atoms with Gasteiger partial charge in [0.05, 0.1) is 0 Å². The average molecular weight is 236 g/mol. The second-order valence-electron chi connectivity index (χ2n) is 3.95. The molecule has 1 aromatic rings. The van der Waals surface area contributed by atoms with Gasteiger partial charge in [-0.3, -0.25) is 4.79 Å². The number of carbonyl (C=O) groups is 1. The van der Waals surface area contributed by atoms with Crippen LogP contribution in [-0.4, -0.2) is 6.47 Å². The van der Waals surface area contributed by atoms with Crippen molar-refractivity contribution in [2.75, 3.05) is 0 Å². The normalized spacial score (nSPS) is 9.06. The van der Waals surface area contributed by atoms with Crippen LogP contribution in [0.4, 0.5) is 0 Å². The Labute approximate surface area is 105 Å². The zero-order valence-corrected chi connectivity index (χ0v) is 11.0. The van der Waals surface area contributed by atoms with E-state index in [0.29, 0.717) is 13.1 Å².